The van der Waals surface area contributed by atoms with Crippen LogP contribution in [-0.2, 0) is 6.42 Å². The second-order valence-electron chi connectivity index (χ2n) is 4.72. The Morgan fingerprint density at radius 2 is 1.89 bits per heavy atom. The van der Waals surface area contributed by atoms with E-state index in [2.05, 4.69) is 42.5 Å². The highest BCUT2D eigenvalue weighted by Crippen LogP contribution is 2.37. The summed E-state index contributed by atoms with van der Waals surface area (Å²) in [5, 5.41) is 8.70. The molecule has 0 bridgehead atoms. The number of hydrogen-bond acceptors (Lipinski definition) is 2. The van der Waals surface area contributed by atoms with Gasteiger partial charge >= 0.3 is 0 Å². The molecule has 2 heteroatoms. The minimum atomic E-state index is -0.177. The largest absolute Gasteiger partial charge is 0.323 e. The van der Waals surface area contributed by atoms with Gasteiger partial charge in [0.05, 0.1) is 12.5 Å². The van der Waals surface area contributed by atoms with E-state index in [-0.39, 0.29) is 6.04 Å². The van der Waals surface area contributed by atoms with Gasteiger partial charge in [-0.05, 0) is 34.2 Å². The van der Waals surface area contributed by atoms with Gasteiger partial charge in [0, 0.05) is 6.04 Å². The molecule has 0 amide bonds. The quantitative estimate of drug-likeness (QED) is 0.740. The van der Waals surface area contributed by atoms with E-state index in [1.807, 2.05) is 6.07 Å². The van der Waals surface area contributed by atoms with Crippen molar-refractivity contribution in [1.82, 2.24) is 0 Å². The maximum atomic E-state index is 8.70. The minimum Gasteiger partial charge on any atom is -0.323 e. The highest BCUT2D eigenvalue weighted by atomic mass is 14.6. The Hall–Kier alpha value is -2.11. The Morgan fingerprint density at radius 3 is 2.72 bits per heavy atom. The monoisotopic (exact) mass is 234 g/mol. The van der Waals surface area contributed by atoms with Crippen LogP contribution in [-0.4, -0.2) is 0 Å². The van der Waals surface area contributed by atoms with Crippen LogP contribution in [0, 0.1) is 11.3 Å². The van der Waals surface area contributed by atoms with Gasteiger partial charge in [-0.25, -0.2) is 0 Å². The first-order valence-corrected chi connectivity index (χ1v) is 6.13. The topological polar surface area (TPSA) is 49.8 Å². The van der Waals surface area contributed by atoms with Crippen LogP contribution < -0.4 is 5.73 Å². The van der Waals surface area contributed by atoms with E-state index in [9.17, 15) is 0 Å². The minimum absolute atomic E-state index is 0.177. The Balaban J connectivity index is 2.01. The first-order chi connectivity index (χ1) is 8.79. The molecule has 0 saturated carbocycles. The first kappa shape index (κ1) is 11.0. The maximum Gasteiger partial charge on any atom is 0.0641 e. The fourth-order valence-electron chi connectivity index (χ4n) is 2.61. The lowest BCUT2D eigenvalue weighted by Crippen LogP contribution is -2.09. The second kappa shape index (κ2) is 4.29. The number of nitrogens with two attached hydrogens (primary N) is 1. The van der Waals surface area contributed by atoms with E-state index in [1.54, 1.807) is 0 Å². The Kier molecular flexibility index (Phi) is 2.62. The fourth-order valence-corrected chi connectivity index (χ4v) is 2.61. The molecule has 1 aliphatic carbocycles. The van der Waals surface area contributed by atoms with Crippen LogP contribution in [0.25, 0.3) is 11.1 Å². The third-order valence-corrected chi connectivity index (χ3v) is 3.56. The van der Waals surface area contributed by atoms with Crippen molar-refractivity contribution in [2.24, 2.45) is 5.73 Å². The smallest absolute Gasteiger partial charge is 0.0641 e. The molecule has 0 fully saturated rings. The lowest BCUT2D eigenvalue weighted by molar-refractivity contribution is 0.747. The molecular weight excluding hydrogens is 220 g/mol. The fraction of sp³-hybridized carbons (Fsp3) is 0.188. The zero-order chi connectivity index (χ0) is 12.5. The SMILES string of the molecule is N#CC[C@H](N)c1ccc2c(c1)Cc1ccccc1-2. The molecule has 1 atom stereocenters. The Morgan fingerprint density at radius 1 is 1.11 bits per heavy atom. The van der Waals surface area contributed by atoms with Gasteiger partial charge in [-0.3, -0.25) is 0 Å². The lowest BCUT2D eigenvalue weighted by atomic mass is 9.99. The summed E-state index contributed by atoms with van der Waals surface area (Å²) in [6, 6.07) is 16.8. The lowest BCUT2D eigenvalue weighted by Gasteiger charge is -2.10. The van der Waals surface area contributed by atoms with Crippen LogP contribution in [0.1, 0.15) is 29.2 Å². The molecule has 88 valence electrons. The average molecular weight is 234 g/mol. The van der Waals surface area contributed by atoms with Gasteiger partial charge in [0.1, 0.15) is 0 Å². The average Bonchev–Trinajstić information content (AvgIpc) is 2.76. The van der Waals surface area contributed by atoms with Crippen molar-refractivity contribution in [3.63, 3.8) is 0 Å². The molecule has 2 nitrogen and oxygen atoms in total. The number of rotatable bonds is 2. The van der Waals surface area contributed by atoms with Gasteiger partial charge in [0.25, 0.3) is 0 Å². The molecule has 0 aliphatic heterocycles. The first-order valence-electron chi connectivity index (χ1n) is 6.13. The molecule has 2 aromatic carbocycles. The summed E-state index contributed by atoms with van der Waals surface area (Å²) in [6.07, 6.45) is 1.34. The van der Waals surface area contributed by atoms with Crippen molar-refractivity contribution < 1.29 is 0 Å². The van der Waals surface area contributed by atoms with Gasteiger partial charge in [0.15, 0.2) is 0 Å². The summed E-state index contributed by atoms with van der Waals surface area (Å²) in [5.41, 5.74) is 12.4. The third-order valence-electron chi connectivity index (χ3n) is 3.56. The van der Waals surface area contributed by atoms with E-state index < -0.39 is 0 Å². The van der Waals surface area contributed by atoms with Crippen LogP contribution in [0.4, 0.5) is 0 Å². The second-order valence-corrected chi connectivity index (χ2v) is 4.72. The Labute approximate surface area is 107 Å². The number of hydrogen-bond donors (Lipinski definition) is 1. The van der Waals surface area contributed by atoms with Crippen molar-refractivity contribution in [3.05, 3.63) is 59.2 Å². The Bertz CT molecular complexity index is 638. The molecule has 0 unspecified atom stereocenters. The van der Waals surface area contributed by atoms with E-state index >= 15 is 0 Å². The van der Waals surface area contributed by atoms with Gasteiger partial charge < -0.3 is 5.73 Å². The maximum absolute atomic E-state index is 8.70. The van der Waals surface area contributed by atoms with Gasteiger partial charge in [0.2, 0.25) is 0 Å². The van der Waals surface area contributed by atoms with Crippen molar-refractivity contribution in [1.29, 1.82) is 5.26 Å². The van der Waals surface area contributed by atoms with Crippen LogP contribution >= 0.6 is 0 Å². The molecule has 0 spiro atoms. The van der Waals surface area contributed by atoms with E-state index in [1.165, 1.54) is 22.3 Å². The molecule has 0 aromatic heterocycles. The zero-order valence-electron chi connectivity index (χ0n) is 10.1. The number of nitrogens with zero attached hydrogens (tertiary/aromatic N) is 1. The predicted octanol–water partition coefficient (Wildman–Crippen LogP) is 3.17. The summed E-state index contributed by atoms with van der Waals surface area (Å²) in [7, 11) is 0. The van der Waals surface area contributed by atoms with Crippen LogP contribution in [0.3, 0.4) is 0 Å². The predicted molar refractivity (Wildman–Crippen MR) is 71.8 cm³/mol. The molecular formula is C16H14N2. The molecule has 18 heavy (non-hydrogen) atoms. The van der Waals surface area contributed by atoms with E-state index in [0.717, 1.165) is 12.0 Å². The highest BCUT2D eigenvalue weighted by molar-refractivity contribution is 5.76. The molecule has 0 heterocycles. The summed E-state index contributed by atoms with van der Waals surface area (Å²) < 4.78 is 0. The standard InChI is InChI=1S/C16H14N2/c17-8-7-16(18)12-5-6-15-13(10-12)9-11-3-1-2-4-14(11)15/h1-6,10,16H,7,9,18H2/t16-/m0/s1. The van der Waals surface area contributed by atoms with Crippen LogP contribution in [0.2, 0.25) is 0 Å². The molecule has 0 radical (unpaired) electrons. The van der Waals surface area contributed by atoms with E-state index in [0.29, 0.717) is 6.42 Å². The van der Waals surface area contributed by atoms with Crippen LogP contribution in [0.15, 0.2) is 42.5 Å². The van der Waals surface area contributed by atoms with Crippen molar-refractivity contribution >= 4 is 0 Å². The molecule has 3 rings (SSSR count). The van der Waals surface area contributed by atoms with Crippen molar-refractivity contribution in [2.45, 2.75) is 18.9 Å². The van der Waals surface area contributed by atoms with E-state index in [4.69, 9.17) is 11.0 Å². The zero-order valence-corrected chi connectivity index (χ0v) is 10.1. The van der Waals surface area contributed by atoms with Crippen molar-refractivity contribution in [3.8, 4) is 17.2 Å². The highest BCUT2D eigenvalue weighted by Gasteiger charge is 2.18. The van der Waals surface area contributed by atoms with Gasteiger partial charge in [-0.15, -0.1) is 0 Å². The van der Waals surface area contributed by atoms with Crippen LogP contribution in [0.5, 0.6) is 0 Å². The van der Waals surface area contributed by atoms with Gasteiger partial charge in [-0.2, -0.15) is 5.26 Å². The molecule has 1 aliphatic rings. The summed E-state index contributed by atoms with van der Waals surface area (Å²) in [4.78, 5) is 0. The number of benzene rings is 2. The summed E-state index contributed by atoms with van der Waals surface area (Å²) in [6.45, 7) is 0. The van der Waals surface area contributed by atoms with Gasteiger partial charge in [-0.1, -0.05) is 42.5 Å². The number of nitriles is 1. The normalized spacial score (nSPS) is 13.6. The number of fused-ring (bicyclic) bond motifs is 3. The molecule has 2 aromatic rings. The van der Waals surface area contributed by atoms with Crippen molar-refractivity contribution in [2.75, 3.05) is 0 Å². The summed E-state index contributed by atoms with van der Waals surface area (Å²) >= 11 is 0. The molecule has 2 N–H and O–H groups in total. The molecule has 0 saturated heterocycles. The third kappa shape index (κ3) is 1.70. The summed E-state index contributed by atoms with van der Waals surface area (Å²) in [5.74, 6) is 0.